The quantitative estimate of drug-likeness (QED) is 0.440. The number of likely N-dealkylation sites (N-methyl/N-ethyl adjacent to an activating group) is 1. The number of carbonyl (C=O) groups is 2. The topological polar surface area (TPSA) is 125 Å². The third kappa shape index (κ3) is 4.83. The molecule has 7 nitrogen and oxygen atoms in total. The molecular formula is C19H23N5O2. The van der Waals surface area contributed by atoms with Crippen LogP contribution in [0, 0.1) is 12.3 Å². The Morgan fingerprint density at radius 2 is 1.85 bits per heavy atom. The van der Waals surface area contributed by atoms with Gasteiger partial charge < -0.3 is 21.7 Å². The standard InChI is InChI=1S/C19H23N5O2/c1-12-4-3-5-14(8-12)19(26)23-10-15-7-6-13(18(21)22)9-16(15)24(2)11-17(20)25/h3-9H,10-11H2,1-2H3,(H2,20,25)(H3,21,22)(H,23,26). The van der Waals surface area contributed by atoms with Crippen LogP contribution in [0.1, 0.15) is 27.0 Å². The lowest BCUT2D eigenvalue weighted by atomic mass is 10.1. The van der Waals surface area contributed by atoms with E-state index in [0.29, 0.717) is 16.8 Å². The van der Waals surface area contributed by atoms with Crippen LogP contribution in [0.5, 0.6) is 0 Å². The number of nitrogens with two attached hydrogens (primary N) is 2. The zero-order chi connectivity index (χ0) is 19.3. The molecule has 0 fully saturated rings. The molecule has 0 bridgehead atoms. The Balaban J connectivity index is 2.23. The second-order valence-electron chi connectivity index (χ2n) is 6.13. The molecule has 0 saturated carbocycles. The maximum absolute atomic E-state index is 12.4. The molecule has 6 N–H and O–H groups in total. The number of amidine groups is 1. The van der Waals surface area contributed by atoms with Crippen molar-refractivity contribution in [3.63, 3.8) is 0 Å². The van der Waals surface area contributed by atoms with Gasteiger partial charge >= 0.3 is 0 Å². The molecule has 0 atom stereocenters. The van der Waals surface area contributed by atoms with Crippen molar-refractivity contribution in [1.82, 2.24) is 5.32 Å². The first-order valence-electron chi connectivity index (χ1n) is 8.09. The Bertz CT molecular complexity index is 848. The van der Waals surface area contributed by atoms with Gasteiger partial charge in [-0.15, -0.1) is 0 Å². The summed E-state index contributed by atoms with van der Waals surface area (Å²) in [5, 5.41) is 10.5. The molecule has 2 aromatic rings. The van der Waals surface area contributed by atoms with E-state index < -0.39 is 5.91 Å². The van der Waals surface area contributed by atoms with Crippen LogP contribution in [0.3, 0.4) is 0 Å². The lowest BCUT2D eigenvalue weighted by Gasteiger charge is -2.22. The number of hydrogen-bond donors (Lipinski definition) is 4. The summed E-state index contributed by atoms with van der Waals surface area (Å²) < 4.78 is 0. The van der Waals surface area contributed by atoms with E-state index in [1.165, 1.54) is 0 Å². The van der Waals surface area contributed by atoms with E-state index in [1.807, 2.05) is 25.1 Å². The normalized spacial score (nSPS) is 10.2. The van der Waals surface area contributed by atoms with Crippen LogP contribution in [-0.2, 0) is 11.3 Å². The van der Waals surface area contributed by atoms with Crippen molar-refractivity contribution in [2.75, 3.05) is 18.5 Å². The molecule has 0 aromatic heterocycles. The molecule has 2 aromatic carbocycles. The molecule has 0 heterocycles. The molecule has 2 amide bonds. The minimum Gasteiger partial charge on any atom is -0.384 e. The summed E-state index contributed by atoms with van der Waals surface area (Å²) in [6.07, 6.45) is 0. The number of carbonyl (C=O) groups excluding carboxylic acids is 2. The highest BCUT2D eigenvalue weighted by atomic mass is 16.2. The summed E-state index contributed by atoms with van der Waals surface area (Å²) in [5.41, 5.74) is 14.4. The zero-order valence-corrected chi connectivity index (χ0v) is 14.9. The molecule has 0 saturated heterocycles. The number of anilines is 1. The molecule has 0 spiro atoms. The molecule has 136 valence electrons. The maximum Gasteiger partial charge on any atom is 0.251 e. The molecule has 2 rings (SSSR count). The summed E-state index contributed by atoms with van der Waals surface area (Å²) in [4.78, 5) is 25.3. The summed E-state index contributed by atoms with van der Waals surface area (Å²) in [7, 11) is 1.72. The van der Waals surface area contributed by atoms with E-state index in [-0.39, 0.29) is 24.8 Å². The van der Waals surface area contributed by atoms with Crippen molar-refractivity contribution in [2.24, 2.45) is 11.5 Å². The number of hydrogen-bond acceptors (Lipinski definition) is 4. The predicted octanol–water partition coefficient (Wildman–Crippen LogP) is 1.13. The van der Waals surface area contributed by atoms with Gasteiger partial charge in [-0.2, -0.15) is 0 Å². The first kappa shape index (κ1) is 19.0. The number of benzene rings is 2. The molecule has 0 unspecified atom stereocenters. The first-order chi connectivity index (χ1) is 12.3. The van der Waals surface area contributed by atoms with Crippen LogP contribution in [0.4, 0.5) is 5.69 Å². The van der Waals surface area contributed by atoms with Crippen molar-refractivity contribution in [3.05, 3.63) is 64.7 Å². The SMILES string of the molecule is Cc1cccc(C(=O)NCc2ccc(C(=N)N)cc2N(C)CC(N)=O)c1. The minimum absolute atomic E-state index is 0.0141. The number of nitrogens with one attached hydrogen (secondary N) is 2. The van der Waals surface area contributed by atoms with Gasteiger partial charge in [-0.1, -0.05) is 29.8 Å². The molecule has 0 radical (unpaired) electrons. The van der Waals surface area contributed by atoms with E-state index in [4.69, 9.17) is 16.9 Å². The molecule has 7 heteroatoms. The Morgan fingerprint density at radius 3 is 2.46 bits per heavy atom. The fourth-order valence-electron chi connectivity index (χ4n) is 2.62. The fourth-order valence-corrected chi connectivity index (χ4v) is 2.62. The van der Waals surface area contributed by atoms with Crippen molar-refractivity contribution < 1.29 is 9.59 Å². The molecular weight excluding hydrogens is 330 g/mol. The summed E-state index contributed by atoms with van der Waals surface area (Å²) in [6.45, 7) is 2.21. The number of amides is 2. The van der Waals surface area contributed by atoms with Crippen LogP contribution >= 0.6 is 0 Å². The zero-order valence-electron chi connectivity index (χ0n) is 14.9. The average molecular weight is 353 g/mol. The van der Waals surface area contributed by atoms with E-state index in [0.717, 1.165) is 11.1 Å². The minimum atomic E-state index is -0.476. The highest BCUT2D eigenvalue weighted by molar-refractivity contribution is 5.96. The fraction of sp³-hybridized carbons (Fsp3) is 0.211. The van der Waals surface area contributed by atoms with Gasteiger partial charge in [0.15, 0.2) is 0 Å². The smallest absolute Gasteiger partial charge is 0.251 e. The summed E-state index contributed by atoms with van der Waals surface area (Å²) in [5.74, 6) is -0.739. The lowest BCUT2D eigenvalue weighted by molar-refractivity contribution is -0.116. The van der Waals surface area contributed by atoms with Gasteiger partial charge in [-0.05, 0) is 30.7 Å². The second-order valence-corrected chi connectivity index (χ2v) is 6.13. The Kier molecular flexibility index (Phi) is 5.95. The number of rotatable bonds is 7. The average Bonchev–Trinajstić information content (AvgIpc) is 2.58. The van der Waals surface area contributed by atoms with Crippen molar-refractivity contribution in [1.29, 1.82) is 5.41 Å². The Morgan fingerprint density at radius 1 is 1.12 bits per heavy atom. The predicted molar refractivity (Wildman–Crippen MR) is 102 cm³/mol. The first-order valence-corrected chi connectivity index (χ1v) is 8.09. The lowest BCUT2D eigenvalue weighted by Crippen LogP contribution is -2.32. The van der Waals surface area contributed by atoms with E-state index >= 15 is 0 Å². The number of nitrogen functional groups attached to an aromatic ring is 1. The maximum atomic E-state index is 12.4. The molecule has 0 aliphatic rings. The van der Waals surface area contributed by atoms with E-state index in [1.54, 1.807) is 36.2 Å². The third-order valence-corrected chi connectivity index (χ3v) is 3.92. The molecule has 0 aliphatic carbocycles. The highest BCUT2D eigenvalue weighted by Gasteiger charge is 2.13. The Hall–Kier alpha value is -3.35. The summed E-state index contributed by atoms with van der Waals surface area (Å²) in [6, 6.07) is 12.5. The van der Waals surface area contributed by atoms with Gasteiger partial charge in [0, 0.05) is 30.4 Å². The van der Waals surface area contributed by atoms with Crippen LogP contribution < -0.4 is 21.7 Å². The number of nitrogens with zero attached hydrogens (tertiary/aromatic N) is 1. The highest BCUT2D eigenvalue weighted by Crippen LogP contribution is 2.21. The van der Waals surface area contributed by atoms with Crippen molar-refractivity contribution >= 4 is 23.3 Å². The van der Waals surface area contributed by atoms with Gasteiger partial charge in [0.25, 0.3) is 5.91 Å². The third-order valence-electron chi connectivity index (χ3n) is 3.92. The van der Waals surface area contributed by atoms with Crippen LogP contribution in [0.25, 0.3) is 0 Å². The van der Waals surface area contributed by atoms with E-state index in [2.05, 4.69) is 5.32 Å². The Labute approximate surface area is 152 Å². The largest absolute Gasteiger partial charge is 0.384 e. The van der Waals surface area contributed by atoms with Gasteiger partial charge in [0.1, 0.15) is 5.84 Å². The van der Waals surface area contributed by atoms with Crippen LogP contribution in [-0.4, -0.2) is 31.2 Å². The number of aryl methyl sites for hydroxylation is 1. The van der Waals surface area contributed by atoms with Gasteiger partial charge in [-0.3, -0.25) is 15.0 Å². The number of primary amides is 1. The monoisotopic (exact) mass is 353 g/mol. The van der Waals surface area contributed by atoms with Gasteiger partial charge in [-0.25, -0.2) is 0 Å². The summed E-state index contributed by atoms with van der Waals surface area (Å²) >= 11 is 0. The molecule has 26 heavy (non-hydrogen) atoms. The van der Waals surface area contributed by atoms with Crippen molar-refractivity contribution in [2.45, 2.75) is 13.5 Å². The van der Waals surface area contributed by atoms with E-state index in [9.17, 15) is 9.59 Å². The van der Waals surface area contributed by atoms with Gasteiger partial charge in [0.05, 0.1) is 6.54 Å². The van der Waals surface area contributed by atoms with Crippen molar-refractivity contribution in [3.8, 4) is 0 Å². The van der Waals surface area contributed by atoms with Crippen LogP contribution in [0.15, 0.2) is 42.5 Å². The molecule has 0 aliphatic heterocycles. The second kappa shape index (κ2) is 8.15. The van der Waals surface area contributed by atoms with Gasteiger partial charge in [0.2, 0.25) is 5.91 Å². The van der Waals surface area contributed by atoms with Crippen LogP contribution in [0.2, 0.25) is 0 Å².